The van der Waals surface area contributed by atoms with Crippen LogP contribution in [-0.2, 0) is 10.5 Å². The summed E-state index contributed by atoms with van der Waals surface area (Å²) in [5.74, 6) is 0.982. The van der Waals surface area contributed by atoms with E-state index < -0.39 is 0 Å². The molecule has 0 radical (unpaired) electrons. The number of fused-ring (bicyclic) bond motifs is 1. The van der Waals surface area contributed by atoms with Crippen LogP contribution in [0, 0.1) is 0 Å². The number of amides is 1. The number of carbonyl (C=O) groups excluding carboxylic acids is 1. The molecule has 118 valence electrons. The standard InChI is InChI=1S/C18H18N2OS2/c1-2-6-17(21)19-14-9-10-15-16(11-14)23-18(20-15)22-12-13-7-4-3-5-8-13/h3-5,7-11H,2,6,12H2,1H3,(H,19,21). The van der Waals surface area contributed by atoms with E-state index >= 15 is 0 Å². The van der Waals surface area contributed by atoms with E-state index in [9.17, 15) is 4.79 Å². The topological polar surface area (TPSA) is 42.0 Å². The molecule has 1 amide bonds. The van der Waals surface area contributed by atoms with Crippen molar-refractivity contribution >= 4 is 44.9 Å². The Hall–Kier alpha value is -1.85. The van der Waals surface area contributed by atoms with Crippen LogP contribution >= 0.6 is 23.1 Å². The normalized spacial score (nSPS) is 10.8. The third kappa shape index (κ3) is 4.33. The van der Waals surface area contributed by atoms with Crippen LogP contribution in [0.3, 0.4) is 0 Å². The lowest BCUT2D eigenvalue weighted by molar-refractivity contribution is -0.116. The molecule has 0 atom stereocenters. The van der Waals surface area contributed by atoms with Gasteiger partial charge in [0.15, 0.2) is 4.34 Å². The molecule has 1 aromatic heterocycles. The van der Waals surface area contributed by atoms with Gasteiger partial charge >= 0.3 is 0 Å². The highest BCUT2D eigenvalue weighted by molar-refractivity contribution is 8.00. The molecule has 3 nitrogen and oxygen atoms in total. The zero-order chi connectivity index (χ0) is 16.1. The number of carbonyl (C=O) groups is 1. The summed E-state index contributed by atoms with van der Waals surface area (Å²) >= 11 is 3.42. The van der Waals surface area contributed by atoms with Crippen molar-refractivity contribution in [3.63, 3.8) is 0 Å². The first-order valence-electron chi connectivity index (χ1n) is 7.62. The van der Waals surface area contributed by atoms with Crippen LogP contribution in [0.5, 0.6) is 0 Å². The highest BCUT2D eigenvalue weighted by Crippen LogP contribution is 2.32. The largest absolute Gasteiger partial charge is 0.326 e. The lowest BCUT2D eigenvalue weighted by atomic mass is 10.2. The van der Waals surface area contributed by atoms with Crippen molar-refractivity contribution < 1.29 is 4.79 Å². The molecule has 0 saturated heterocycles. The van der Waals surface area contributed by atoms with Crippen LogP contribution in [0.25, 0.3) is 10.2 Å². The zero-order valence-corrected chi connectivity index (χ0v) is 14.5. The van der Waals surface area contributed by atoms with Crippen LogP contribution < -0.4 is 5.32 Å². The summed E-state index contributed by atoms with van der Waals surface area (Å²) in [5.41, 5.74) is 3.13. The van der Waals surface area contributed by atoms with Crippen molar-refractivity contribution in [2.75, 3.05) is 5.32 Å². The van der Waals surface area contributed by atoms with Gasteiger partial charge in [-0.3, -0.25) is 4.79 Å². The maximum atomic E-state index is 11.7. The van der Waals surface area contributed by atoms with Gasteiger partial charge in [0.05, 0.1) is 10.2 Å². The number of thiazole rings is 1. The number of nitrogens with one attached hydrogen (secondary N) is 1. The molecule has 0 fully saturated rings. The van der Waals surface area contributed by atoms with Gasteiger partial charge in [0.25, 0.3) is 0 Å². The molecule has 0 bridgehead atoms. The van der Waals surface area contributed by atoms with E-state index in [1.807, 2.05) is 31.2 Å². The molecule has 23 heavy (non-hydrogen) atoms. The molecule has 5 heteroatoms. The third-order valence-corrected chi connectivity index (χ3v) is 5.57. The van der Waals surface area contributed by atoms with E-state index in [1.54, 1.807) is 23.1 Å². The Kier molecular flexibility index (Phi) is 5.31. The Morgan fingerprint density at radius 1 is 1.22 bits per heavy atom. The predicted molar refractivity (Wildman–Crippen MR) is 99.2 cm³/mol. The molecule has 0 aliphatic carbocycles. The SMILES string of the molecule is CCCC(=O)Nc1ccc2nc(SCc3ccccc3)sc2c1. The average molecular weight is 342 g/mol. The monoisotopic (exact) mass is 342 g/mol. The van der Waals surface area contributed by atoms with E-state index in [4.69, 9.17) is 0 Å². The van der Waals surface area contributed by atoms with Gasteiger partial charge < -0.3 is 5.32 Å². The first-order valence-corrected chi connectivity index (χ1v) is 9.42. The Balaban J connectivity index is 1.70. The molecule has 1 heterocycles. The number of nitrogens with zero attached hydrogens (tertiary/aromatic N) is 1. The third-order valence-electron chi connectivity index (χ3n) is 3.33. The molecule has 3 rings (SSSR count). The summed E-state index contributed by atoms with van der Waals surface area (Å²) in [6, 6.07) is 16.3. The molecule has 3 aromatic rings. The molecule has 0 saturated carbocycles. The molecule has 0 aliphatic rings. The lowest BCUT2D eigenvalue weighted by Crippen LogP contribution is -2.10. The van der Waals surface area contributed by atoms with Gasteiger partial charge in [-0.25, -0.2) is 4.98 Å². The van der Waals surface area contributed by atoms with E-state index in [-0.39, 0.29) is 5.91 Å². The second-order valence-electron chi connectivity index (χ2n) is 5.23. The number of rotatable bonds is 6. The number of thioether (sulfide) groups is 1. The average Bonchev–Trinajstić information content (AvgIpc) is 2.96. The molecule has 2 aromatic carbocycles. The van der Waals surface area contributed by atoms with Gasteiger partial charge in [-0.15, -0.1) is 11.3 Å². The van der Waals surface area contributed by atoms with Crippen molar-refractivity contribution in [1.82, 2.24) is 4.98 Å². The molecular weight excluding hydrogens is 324 g/mol. The Morgan fingerprint density at radius 3 is 2.83 bits per heavy atom. The van der Waals surface area contributed by atoms with Gasteiger partial charge in [-0.1, -0.05) is 49.0 Å². The van der Waals surface area contributed by atoms with Gasteiger partial charge in [0, 0.05) is 17.9 Å². The van der Waals surface area contributed by atoms with Crippen LogP contribution in [-0.4, -0.2) is 10.9 Å². The lowest BCUT2D eigenvalue weighted by Gasteiger charge is -2.03. The van der Waals surface area contributed by atoms with Crippen molar-refractivity contribution in [2.24, 2.45) is 0 Å². The van der Waals surface area contributed by atoms with Gasteiger partial charge in [0.1, 0.15) is 0 Å². The quantitative estimate of drug-likeness (QED) is 0.616. The van der Waals surface area contributed by atoms with E-state index in [0.29, 0.717) is 6.42 Å². The van der Waals surface area contributed by atoms with Crippen molar-refractivity contribution in [3.05, 3.63) is 54.1 Å². The summed E-state index contributed by atoms with van der Waals surface area (Å²) < 4.78 is 2.16. The van der Waals surface area contributed by atoms with Crippen LogP contribution in [0.1, 0.15) is 25.3 Å². The number of benzene rings is 2. The summed E-state index contributed by atoms with van der Waals surface area (Å²) in [4.78, 5) is 16.3. The van der Waals surface area contributed by atoms with E-state index in [0.717, 1.165) is 32.4 Å². The number of anilines is 1. The van der Waals surface area contributed by atoms with Crippen molar-refractivity contribution in [3.8, 4) is 0 Å². The highest BCUT2D eigenvalue weighted by atomic mass is 32.2. The minimum absolute atomic E-state index is 0.0649. The fourth-order valence-corrected chi connectivity index (χ4v) is 4.28. The first-order chi connectivity index (χ1) is 11.2. The Bertz CT molecular complexity index is 799. The Labute approximate surface area is 144 Å². The first kappa shape index (κ1) is 16.0. The highest BCUT2D eigenvalue weighted by Gasteiger charge is 2.07. The van der Waals surface area contributed by atoms with Crippen LogP contribution in [0.15, 0.2) is 52.9 Å². The van der Waals surface area contributed by atoms with E-state index in [2.05, 4.69) is 34.6 Å². The van der Waals surface area contributed by atoms with Crippen molar-refractivity contribution in [1.29, 1.82) is 0 Å². The molecule has 1 N–H and O–H groups in total. The minimum atomic E-state index is 0.0649. The van der Waals surface area contributed by atoms with Gasteiger partial charge in [-0.05, 0) is 30.2 Å². The maximum absolute atomic E-state index is 11.7. The molecule has 0 unspecified atom stereocenters. The number of hydrogen-bond donors (Lipinski definition) is 1. The summed E-state index contributed by atoms with van der Waals surface area (Å²) in [6.07, 6.45) is 1.41. The van der Waals surface area contributed by atoms with Crippen LogP contribution in [0.2, 0.25) is 0 Å². The second kappa shape index (κ2) is 7.62. The fourth-order valence-electron chi connectivity index (χ4n) is 2.21. The maximum Gasteiger partial charge on any atom is 0.224 e. The summed E-state index contributed by atoms with van der Waals surface area (Å²) in [6.45, 7) is 2.00. The van der Waals surface area contributed by atoms with E-state index in [1.165, 1.54) is 5.56 Å². The van der Waals surface area contributed by atoms with Gasteiger partial charge in [0.2, 0.25) is 5.91 Å². The van der Waals surface area contributed by atoms with Gasteiger partial charge in [-0.2, -0.15) is 0 Å². The summed E-state index contributed by atoms with van der Waals surface area (Å²) in [7, 11) is 0. The predicted octanol–water partition coefficient (Wildman–Crippen LogP) is 5.33. The molecule has 0 spiro atoms. The second-order valence-corrected chi connectivity index (χ2v) is 7.49. The molecule has 0 aliphatic heterocycles. The van der Waals surface area contributed by atoms with Crippen LogP contribution in [0.4, 0.5) is 5.69 Å². The number of aromatic nitrogens is 1. The summed E-state index contributed by atoms with van der Waals surface area (Å²) in [5, 5.41) is 2.94. The Morgan fingerprint density at radius 2 is 2.04 bits per heavy atom. The smallest absolute Gasteiger partial charge is 0.224 e. The number of hydrogen-bond acceptors (Lipinski definition) is 4. The molecular formula is C18H18N2OS2. The van der Waals surface area contributed by atoms with Crippen molar-refractivity contribution in [2.45, 2.75) is 29.9 Å². The zero-order valence-electron chi connectivity index (χ0n) is 12.9. The fraction of sp³-hybridized carbons (Fsp3) is 0.222. The minimum Gasteiger partial charge on any atom is -0.326 e.